The molecule has 0 aliphatic heterocycles. The van der Waals surface area contributed by atoms with Gasteiger partial charge in [-0.05, 0) is 64.6 Å². The van der Waals surface area contributed by atoms with Crippen molar-refractivity contribution in [1.29, 1.82) is 0 Å². The van der Waals surface area contributed by atoms with Gasteiger partial charge < -0.3 is 10.2 Å². The van der Waals surface area contributed by atoms with Crippen LogP contribution >= 0.6 is 0 Å². The fraction of sp³-hybridized carbons (Fsp3) is 0.586. The second kappa shape index (κ2) is 12.6. The van der Waals surface area contributed by atoms with Crippen LogP contribution in [0, 0.1) is 11.7 Å². The molecule has 0 atom stereocenters. The van der Waals surface area contributed by atoms with E-state index in [9.17, 15) is 26.4 Å². The molecular formula is C29H37F4N7O3S. The number of nitrogens with zero attached hydrogens (tertiary/aromatic N) is 5. The molecule has 240 valence electrons. The largest absolute Gasteiger partial charge is 0.351 e. The number of fused-ring (bicyclic) bond motifs is 1. The molecule has 2 saturated carbocycles. The number of anilines is 2. The Balaban J connectivity index is 1.35. The van der Waals surface area contributed by atoms with Crippen molar-refractivity contribution in [2.75, 3.05) is 36.1 Å². The van der Waals surface area contributed by atoms with Gasteiger partial charge in [0.15, 0.2) is 5.65 Å². The lowest BCUT2D eigenvalue weighted by atomic mass is 9.83. The fourth-order valence-electron chi connectivity index (χ4n) is 6.06. The Kier molecular flexibility index (Phi) is 9.17. The summed E-state index contributed by atoms with van der Waals surface area (Å²) >= 11 is 0. The molecule has 0 bridgehead atoms. The Hall–Kier alpha value is -3.33. The highest BCUT2D eigenvalue weighted by Crippen LogP contribution is 2.43. The zero-order valence-corrected chi connectivity index (χ0v) is 25.7. The van der Waals surface area contributed by atoms with Gasteiger partial charge in [-0.15, -0.1) is 0 Å². The van der Waals surface area contributed by atoms with Crippen LogP contribution in [0.2, 0.25) is 0 Å². The van der Waals surface area contributed by atoms with Gasteiger partial charge >= 0.3 is 0 Å². The number of hydrogen-bond donors (Lipinski definition) is 2. The second-order valence-electron chi connectivity index (χ2n) is 12.2. The minimum atomic E-state index is -4.07. The topological polar surface area (TPSA) is 122 Å². The summed E-state index contributed by atoms with van der Waals surface area (Å²) in [6.07, 6.45) is 4.02. The van der Waals surface area contributed by atoms with Crippen molar-refractivity contribution < 1.29 is 26.0 Å². The zero-order valence-electron chi connectivity index (χ0n) is 24.9. The van der Waals surface area contributed by atoms with E-state index >= 15 is 4.39 Å². The minimum Gasteiger partial charge on any atom is -0.351 e. The summed E-state index contributed by atoms with van der Waals surface area (Å²) in [6.45, 7) is 3.67. The zero-order chi connectivity index (χ0) is 31.8. The smallest absolute Gasteiger partial charge is 0.278 e. The molecule has 0 spiro atoms. The summed E-state index contributed by atoms with van der Waals surface area (Å²) in [5.41, 5.74) is -0.163. The second-order valence-corrected chi connectivity index (χ2v) is 13.9. The van der Waals surface area contributed by atoms with Gasteiger partial charge in [0.05, 0.1) is 17.6 Å². The Labute approximate surface area is 253 Å². The van der Waals surface area contributed by atoms with E-state index in [1.165, 1.54) is 22.9 Å². The first-order chi connectivity index (χ1) is 20.7. The third kappa shape index (κ3) is 7.14. The molecule has 0 unspecified atom stereocenters. The van der Waals surface area contributed by atoms with E-state index in [1.807, 2.05) is 25.8 Å². The highest BCUT2D eigenvalue weighted by atomic mass is 32.2. The summed E-state index contributed by atoms with van der Waals surface area (Å²) in [5.74, 6) is -4.68. The average Bonchev–Trinajstić information content (AvgIpc) is 2.93. The van der Waals surface area contributed by atoms with Gasteiger partial charge in [-0.1, -0.05) is 6.07 Å². The Morgan fingerprint density at radius 2 is 1.84 bits per heavy atom. The molecule has 0 amide bonds. The Bertz CT molecular complexity index is 1670. The van der Waals surface area contributed by atoms with Crippen LogP contribution in [0.15, 0.2) is 29.2 Å². The van der Waals surface area contributed by atoms with Crippen molar-refractivity contribution in [1.82, 2.24) is 24.4 Å². The van der Waals surface area contributed by atoms with Crippen molar-refractivity contribution in [3.8, 4) is 11.3 Å². The van der Waals surface area contributed by atoms with Crippen molar-refractivity contribution in [3.63, 3.8) is 0 Å². The molecule has 15 heteroatoms. The first-order valence-electron chi connectivity index (χ1n) is 14.8. The predicted molar refractivity (Wildman–Crippen MR) is 161 cm³/mol. The normalized spacial score (nSPS) is 20.7. The van der Waals surface area contributed by atoms with Crippen LogP contribution in [0.5, 0.6) is 0 Å². The molecular weight excluding hydrogens is 602 g/mol. The molecule has 5 rings (SSSR count). The van der Waals surface area contributed by atoms with E-state index in [0.29, 0.717) is 29.7 Å². The van der Waals surface area contributed by atoms with E-state index in [1.54, 1.807) is 0 Å². The number of aromatic nitrogens is 4. The summed E-state index contributed by atoms with van der Waals surface area (Å²) < 4.78 is 82.5. The van der Waals surface area contributed by atoms with E-state index in [2.05, 4.69) is 25.0 Å². The van der Waals surface area contributed by atoms with E-state index < -0.39 is 51.8 Å². The van der Waals surface area contributed by atoms with Crippen molar-refractivity contribution in [3.05, 3.63) is 40.6 Å². The van der Waals surface area contributed by atoms with Crippen LogP contribution in [0.4, 0.5) is 29.2 Å². The highest BCUT2D eigenvalue weighted by Gasteiger charge is 2.46. The van der Waals surface area contributed by atoms with Crippen molar-refractivity contribution in [2.45, 2.75) is 76.4 Å². The van der Waals surface area contributed by atoms with Gasteiger partial charge in [-0.25, -0.2) is 35.9 Å². The average molecular weight is 640 g/mol. The van der Waals surface area contributed by atoms with Gasteiger partial charge in [0.25, 0.3) is 5.56 Å². The van der Waals surface area contributed by atoms with Crippen LogP contribution in [-0.2, 0) is 10.0 Å². The molecule has 2 aliphatic rings. The van der Waals surface area contributed by atoms with Crippen molar-refractivity contribution in [2.24, 2.45) is 5.92 Å². The third-order valence-electron chi connectivity index (χ3n) is 8.38. The molecule has 2 fully saturated rings. The molecule has 3 aromatic rings. The summed E-state index contributed by atoms with van der Waals surface area (Å²) in [4.78, 5) is 29.1. The number of nitrogens with one attached hydrogen (secondary N) is 2. The molecule has 2 aromatic heterocycles. The molecule has 0 radical (unpaired) electrons. The Morgan fingerprint density at radius 3 is 2.45 bits per heavy atom. The maximum Gasteiger partial charge on any atom is 0.278 e. The summed E-state index contributed by atoms with van der Waals surface area (Å²) in [6, 6.07) is 3.69. The number of hydrogen-bond acceptors (Lipinski definition) is 8. The van der Waals surface area contributed by atoms with Gasteiger partial charge in [0, 0.05) is 43.1 Å². The van der Waals surface area contributed by atoms with E-state index in [0.717, 1.165) is 31.7 Å². The summed E-state index contributed by atoms with van der Waals surface area (Å²) in [5, 5.41) is 3.35. The molecule has 10 nitrogen and oxygen atoms in total. The lowest BCUT2D eigenvalue weighted by Gasteiger charge is -2.34. The number of benzene rings is 1. The SMILES string of the molecule is CC(C)n1c(=O)c(-c2ccc(NS(=O)(=O)CC3CC(F)(F)C3)c(F)c2)nc2cnc(NC3CCC(N(C)CCF)CC3)nc21. The molecule has 2 N–H and O–H groups in total. The Morgan fingerprint density at radius 1 is 1.14 bits per heavy atom. The number of halogens is 4. The molecule has 2 heterocycles. The van der Waals surface area contributed by atoms with Gasteiger partial charge in [0.1, 0.15) is 23.7 Å². The number of alkyl halides is 3. The maximum atomic E-state index is 15.1. The third-order valence-corrected chi connectivity index (χ3v) is 9.82. The van der Waals surface area contributed by atoms with Crippen LogP contribution in [0.1, 0.15) is 58.4 Å². The predicted octanol–water partition coefficient (Wildman–Crippen LogP) is 4.98. The maximum absolute atomic E-state index is 15.1. The monoisotopic (exact) mass is 639 g/mol. The first kappa shape index (κ1) is 32.1. The van der Waals surface area contributed by atoms with Gasteiger partial charge in [0.2, 0.25) is 21.9 Å². The van der Waals surface area contributed by atoms with Crippen LogP contribution in [0.25, 0.3) is 22.4 Å². The number of sulfonamides is 1. The van der Waals surface area contributed by atoms with Crippen LogP contribution in [0.3, 0.4) is 0 Å². The van der Waals surface area contributed by atoms with Crippen molar-refractivity contribution >= 4 is 32.8 Å². The minimum absolute atomic E-state index is 0.0590. The first-order valence-corrected chi connectivity index (χ1v) is 16.4. The van der Waals surface area contributed by atoms with Gasteiger partial charge in [-0.3, -0.25) is 14.1 Å². The quantitative estimate of drug-likeness (QED) is 0.282. The number of rotatable bonds is 11. The fourth-order valence-corrected chi connectivity index (χ4v) is 7.50. The van der Waals surface area contributed by atoms with E-state index in [4.69, 9.17) is 0 Å². The van der Waals surface area contributed by atoms with E-state index in [-0.39, 0.29) is 35.7 Å². The molecule has 2 aliphatic carbocycles. The van der Waals surface area contributed by atoms with Crippen LogP contribution in [-0.4, -0.2) is 76.9 Å². The lowest BCUT2D eigenvalue weighted by Crippen LogP contribution is -2.40. The molecule has 44 heavy (non-hydrogen) atoms. The lowest BCUT2D eigenvalue weighted by molar-refractivity contribution is -0.103. The standard InChI is InChI=1S/C29H37F4N7O3S/c1-17(2)40-26-24(15-34-28(37-26)35-20-5-7-21(8-6-20)39(3)11-10-30)36-25(27(40)41)19-4-9-23(22(31)12-19)38-44(42,43)16-18-13-29(32,33)14-18/h4,9,12,15,17-18,20-21,38H,5-8,10-11,13-14,16H2,1-3H3,(H,34,35,37). The van der Waals surface area contributed by atoms with Gasteiger partial charge in [-0.2, -0.15) is 4.98 Å². The van der Waals surface area contributed by atoms with Crippen LogP contribution < -0.4 is 15.6 Å². The molecule has 0 saturated heterocycles. The molecule has 1 aromatic carbocycles. The summed E-state index contributed by atoms with van der Waals surface area (Å²) in [7, 11) is -2.13. The highest BCUT2D eigenvalue weighted by molar-refractivity contribution is 7.92.